The van der Waals surface area contributed by atoms with Crippen LogP contribution in [0.15, 0.2) is 48.1 Å². The maximum atomic E-state index is 13.4. The maximum Gasteiger partial charge on any atom is 0.412 e. The summed E-state index contributed by atoms with van der Waals surface area (Å²) < 4.78 is 63.9. The van der Waals surface area contributed by atoms with Crippen molar-refractivity contribution < 1.29 is 36.6 Å². The molecule has 3 rings (SSSR count). The number of amides is 1. The molecule has 0 saturated carbocycles. The molecule has 3 atom stereocenters. The molecule has 0 bridgehead atoms. The predicted molar refractivity (Wildman–Crippen MR) is 98.8 cm³/mol. The third-order valence-corrected chi connectivity index (χ3v) is 5.27. The predicted octanol–water partition coefficient (Wildman–Crippen LogP) is 4.71. The Bertz CT molecular complexity index is 878. The minimum absolute atomic E-state index is 0.0892. The molecule has 9 heteroatoms. The van der Waals surface area contributed by atoms with Crippen LogP contribution in [0.1, 0.15) is 31.9 Å². The van der Waals surface area contributed by atoms with Crippen LogP contribution >= 0.6 is 0 Å². The van der Waals surface area contributed by atoms with Crippen LogP contribution in [0.4, 0.5) is 22.4 Å². The standard InChI is InChI=1S/C21H21F4NO4/c1-3-29-16(27)12-26-18(20(2)10-4-5-14(11-20)21(23,24)25)17(30-19(26)28)13-6-8-15(22)9-7-13/h4-10,17-18H,3,11-12H2,1-2H3/t17-,18-,20?/m0/s1. The zero-order valence-corrected chi connectivity index (χ0v) is 16.4. The van der Waals surface area contributed by atoms with Crippen molar-refractivity contribution in [3.8, 4) is 0 Å². The molecule has 0 spiro atoms. The number of esters is 1. The molecule has 1 unspecified atom stereocenters. The zero-order valence-electron chi connectivity index (χ0n) is 16.4. The lowest BCUT2D eigenvalue weighted by Gasteiger charge is -2.40. The maximum absolute atomic E-state index is 13.4. The Morgan fingerprint density at radius 1 is 1.30 bits per heavy atom. The molecule has 30 heavy (non-hydrogen) atoms. The van der Waals surface area contributed by atoms with Crippen molar-refractivity contribution in [3.05, 3.63) is 59.4 Å². The topological polar surface area (TPSA) is 55.8 Å². The van der Waals surface area contributed by atoms with Crippen LogP contribution in [0.25, 0.3) is 0 Å². The third kappa shape index (κ3) is 4.34. The van der Waals surface area contributed by atoms with E-state index in [0.717, 1.165) is 11.0 Å². The Labute approximate surface area is 170 Å². The Balaban J connectivity index is 2.01. The number of alkyl halides is 3. The summed E-state index contributed by atoms with van der Waals surface area (Å²) in [4.78, 5) is 25.8. The van der Waals surface area contributed by atoms with Gasteiger partial charge >= 0.3 is 18.2 Å². The fraction of sp³-hybridized carbons (Fsp3) is 0.429. The van der Waals surface area contributed by atoms with Crippen LogP contribution in [0.3, 0.4) is 0 Å². The molecule has 1 aromatic carbocycles. The summed E-state index contributed by atoms with van der Waals surface area (Å²) in [5.41, 5.74) is -1.53. The first-order valence-electron chi connectivity index (χ1n) is 9.39. The molecule has 1 aliphatic heterocycles. The minimum atomic E-state index is -4.53. The monoisotopic (exact) mass is 427 g/mol. The van der Waals surface area contributed by atoms with Crippen LogP contribution < -0.4 is 0 Å². The molecule has 1 aliphatic carbocycles. The summed E-state index contributed by atoms with van der Waals surface area (Å²) in [6.07, 6.45) is -2.93. The number of allylic oxidation sites excluding steroid dienone is 3. The second kappa shape index (κ2) is 8.12. The van der Waals surface area contributed by atoms with Gasteiger partial charge < -0.3 is 9.47 Å². The molecule has 162 valence electrons. The first-order valence-corrected chi connectivity index (χ1v) is 9.39. The van der Waals surface area contributed by atoms with Gasteiger partial charge in [-0.1, -0.05) is 37.3 Å². The third-order valence-electron chi connectivity index (χ3n) is 5.27. The zero-order chi connectivity index (χ0) is 22.1. The van der Waals surface area contributed by atoms with Crippen LogP contribution in [-0.2, 0) is 14.3 Å². The second-order valence-electron chi connectivity index (χ2n) is 7.47. The number of nitrogens with zero attached hydrogens (tertiary/aromatic N) is 1. The Morgan fingerprint density at radius 3 is 2.57 bits per heavy atom. The highest BCUT2D eigenvalue weighted by atomic mass is 19.4. The van der Waals surface area contributed by atoms with Crippen molar-refractivity contribution in [2.75, 3.05) is 13.2 Å². The van der Waals surface area contributed by atoms with Crippen molar-refractivity contribution in [3.63, 3.8) is 0 Å². The number of hydrogen-bond donors (Lipinski definition) is 0. The fourth-order valence-electron chi connectivity index (χ4n) is 3.94. The Kier molecular flexibility index (Phi) is 5.92. The lowest BCUT2D eigenvalue weighted by molar-refractivity contribution is -0.144. The first kappa shape index (κ1) is 21.9. The summed E-state index contributed by atoms with van der Waals surface area (Å²) in [5, 5.41) is 0. The van der Waals surface area contributed by atoms with E-state index in [2.05, 4.69) is 0 Å². The molecule has 0 radical (unpaired) electrons. The average molecular weight is 427 g/mol. The number of carbonyl (C=O) groups is 2. The van der Waals surface area contributed by atoms with Crippen LogP contribution in [0, 0.1) is 11.2 Å². The van der Waals surface area contributed by atoms with Gasteiger partial charge in [-0.3, -0.25) is 9.69 Å². The molecule has 0 N–H and O–H groups in total. The van der Waals surface area contributed by atoms with Crippen molar-refractivity contribution in [2.45, 2.75) is 38.6 Å². The van der Waals surface area contributed by atoms with E-state index in [1.165, 1.54) is 30.3 Å². The van der Waals surface area contributed by atoms with E-state index >= 15 is 0 Å². The van der Waals surface area contributed by atoms with Gasteiger partial charge in [-0.15, -0.1) is 0 Å². The number of hydrogen-bond acceptors (Lipinski definition) is 4. The van der Waals surface area contributed by atoms with Crippen LogP contribution in [-0.4, -0.2) is 42.3 Å². The second-order valence-corrected chi connectivity index (χ2v) is 7.47. The van der Waals surface area contributed by atoms with Crippen LogP contribution in [0.5, 0.6) is 0 Å². The summed E-state index contributed by atoms with van der Waals surface area (Å²) in [5.74, 6) is -1.21. The molecule has 2 aliphatic rings. The molecule has 0 aromatic heterocycles. The molecular weight excluding hydrogens is 406 g/mol. The van der Waals surface area contributed by atoms with E-state index in [1.54, 1.807) is 19.9 Å². The molecular formula is C21H21F4NO4. The number of cyclic esters (lactones) is 1. The van der Waals surface area contributed by atoms with Crippen molar-refractivity contribution in [1.29, 1.82) is 0 Å². The van der Waals surface area contributed by atoms with Gasteiger partial charge in [0.25, 0.3) is 0 Å². The average Bonchev–Trinajstić information content (AvgIpc) is 2.99. The minimum Gasteiger partial charge on any atom is -0.465 e. The number of rotatable bonds is 5. The van der Waals surface area contributed by atoms with E-state index in [4.69, 9.17) is 9.47 Å². The SMILES string of the molecule is CCOC(=O)CN1C(=O)O[C@@H](c2ccc(F)cc2)[C@H]1C1(C)C=CC=C(C(F)(F)F)C1. The summed E-state index contributed by atoms with van der Waals surface area (Å²) in [6.45, 7) is 2.80. The highest BCUT2D eigenvalue weighted by molar-refractivity contribution is 5.80. The summed E-state index contributed by atoms with van der Waals surface area (Å²) >= 11 is 0. The molecule has 5 nitrogen and oxygen atoms in total. The van der Waals surface area contributed by atoms with Gasteiger partial charge in [0.05, 0.1) is 12.6 Å². The van der Waals surface area contributed by atoms with Crippen molar-refractivity contribution in [1.82, 2.24) is 4.90 Å². The van der Waals surface area contributed by atoms with Crippen molar-refractivity contribution >= 4 is 12.1 Å². The molecule has 1 amide bonds. The first-order chi connectivity index (χ1) is 14.0. The molecule has 1 fully saturated rings. The number of ether oxygens (including phenoxy) is 2. The quantitative estimate of drug-likeness (QED) is 0.505. The highest BCUT2D eigenvalue weighted by Crippen LogP contribution is 2.49. The summed E-state index contributed by atoms with van der Waals surface area (Å²) in [7, 11) is 0. The molecule has 1 heterocycles. The number of halogens is 4. The van der Waals surface area contributed by atoms with Gasteiger partial charge in [0, 0.05) is 11.0 Å². The summed E-state index contributed by atoms with van der Waals surface area (Å²) in [6, 6.07) is 4.22. The Morgan fingerprint density at radius 2 is 1.97 bits per heavy atom. The molecule has 1 aromatic rings. The van der Waals surface area contributed by atoms with E-state index < -0.39 is 60.2 Å². The van der Waals surface area contributed by atoms with Crippen LogP contribution in [0.2, 0.25) is 0 Å². The largest absolute Gasteiger partial charge is 0.465 e. The van der Waals surface area contributed by atoms with E-state index in [0.29, 0.717) is 5.56 Å². The lowest BCUT2D eigenvalue weighted by atomic mass is 9.71. The highest BCUT2D eigenvalue weighted by Gasteiger charge is 2.54. The van der Waals surface area contributed by atoms with Gasteiger partial charge in [-0.2, -0.15) is 13.2 Å². The Hall–Kier alpha value is -2.84. The lowest BCUT2D eigenvalue weighted by Crippen LogP contribution is -2.48. The van der Waals surface area contributed by atoms with Gasteiger partial charge in [-0.05, 0) is 31.0 Å². The van der Waals surface area contributed by atoms with Gasteiger partial charge in [0.2, 0.25) is 0 Å². The van der Waals surface area contributed by atoms with E-state index in [9.17, 15) is 27.2 Å². The van der Waals surface area contributed by atoms with Gasteiger partial charge in [-0.25, -0.2) is 9.18 Å². The normalized spacial score (nSPS) is 26.4. The number of benzene rings is 1. The van der Waals surface area contributed by atoms with Crippen molar-refractivity contribution in [2.24, 2.45) is 5.41 Å². The number of carbonyl (C=O) groups excluding carboxylic acids is 2. The van der Waals surface area contributed by atoms with Gasteiger partial charge in [0.1, 0.15) is 12.4 Å². The van der Waals surface area contributed by atoms with Gasteiger partial charge in [0.15, 0.2) is 6.10 Å². The smallest absolute Gasteiger partial charge is 0.412 e. The van der Waals surface area contributed by atoms with E-state index in [1.807, 2.05) is 0 Å². The molecule has 1 saturated heterocycles. The van der Waals surface area contributed by atoms with E-state index in [-0.39, 0.29) is 6.61 Å². The fourth-order valence-corrected chi connectivity index (χ4v) is 3.94.